The van der Waals surface area contributed by atoms with Crippen molar-refractivity contribution in [1.82, 2.24) is 0 Å². The minimum atomic E-state index is -3.38. The summed E-state index contributed by atoms with van der Waals surface area (Å²) < 4.78 is 27.6. The molecule has 0 aromatic heterocycles. The van der Waals surface area contributed by atoms with Gasteiger partial charge in [0, 0.05) is 12.0 Å². The smallest absolute Gasteiger partial charge is 0.287 e. The first-order chi connectivity index (χ1) is 9.59. The van der Waals surface area contributed by atoms with E-state index in [0.29, 0.717) is 0 Å². The molecule has 0 aliphatic heterocycles. The van der Waals surface area contributed by atoms with Crippen LogP contribution in [0.15, 0.2) is 66.7 Å². The Morgan fingerprint density at radius 3 is 2.10 bits per heavy atom. The molecular weight excluding hydrogens is 258 g/mol. The van der Waals surface area contributed by atoms with Crippen LogP contribution < -0.4 is 0 Å². The number of carbonyl (C=O) groups is 1. The highest BCUT2D eigenvalue weighted by molar-refractivity contribution is 6.01. The molecule has 0 saturated carbocycles. The molecule has 0 spiro atoms. The van der Waals surface area contributed by atoms with Gasteiger partial charge in [-0.15, -0.1) is 0 Å². The van der Waals surface area contributed by atoms with Gasteiger partial charge in [0.15, 0.2) is 0 Å². The van der Waals surface area contributed by atoms with E-state index in [0.717, 1.165) is 5.56 Å². The maximum Gasteiger partial charge on any atom is 0.313 e. The van der Waals surface area contributed by atoms with Gasteiger partial charge in [-0.2, -0.15) is 8.78 Å². The van der Waals surface area contributed by atoms with E-state index in [1.807, 2.05) is 30.3 Å². The van der Waals surface area contributed by atoms with E-state index in [2.05, 4.69) is 0 Å². The first kappa shape index (κ1) is 14.1. The Bertz CT molecular complexity index is 589. The van der Waals surface area contributed by atoms with Gasteiger partial charge in [-0.3, -0.25) is 4.79 Å². The molecule has 2 aromatic rings. The monoisotopic (exact) mass is 272 g/mol. The summed E-state index contributed by atoms with van der Waals surface area (Å²) in [6, 6.07) is 16.8. The predicted octanol–water partition coefficient (Wildman–Crippen LogP) is 4.61. The number of rotatable bonds is 5. The topological polar surface area (TPSA) is 17.1 Å². The lowest BCUT2D eigenvalue weighted by molar-refractivity contribution is 0.0124. The molecule has 0 fully saturated rings. The van der Waals surface area contributed by atoms with Crippen LogP contribution in [0.2, 0.25) is 0 Å². The molecule has 0 aliphatic carbocycles. The fourth-order valence-corrected chi connectivity index (χ4v) is 1.80. The number of Topliss-reactive ketones (excluding diaryl/α,β-unsaturated/α-hetero) is 1. The summed E-state index contributed by atoms with van der Waals surface area (Å²) in [4.78, 5) is 11.7. The normalized spacial score (nSPS) is 11.7. The van der Waals surface area contributed by atoms with Crippen LogP contribution in [-0.4, -0.2) is 11.7 Å². The number of ketones is 1. The average molecular weight is 272 g/mol. The molecule has 0 aliphatic rings. The number of benzene rings is 2. The van der Waals surface area contributed by atoms with Crippen LogP contribution in [0, 0.1) is 0 Å². The summed E-state index contributed by atoms with van der Waals surface area (Å²) in [6.45, 7) is 0. The van der Waals surface area contributed by atoms with E-state index in [1.54, 1.807) is 24.3 Å². The van der Waals surface area contributed by atoms with Crippen LogP contribution in [0.1, 0.15) is 22.3 Å². The molecule has 0 saturated heterocycles. The molecule has 0 radical (unpaired) electrons. The fraction of sp³-hybridized carbons (Fsp3) is 0.118. The zero-order valence-electron chi connectivity index (χ0n) is 10.8. The molecular formula is C17H14F2O. The van der Waals surface area contributed by atoms with Crippen molar-refractivity contribution in [2.75, 3.05) is 0 Å². The highest BCUT2D eigenvalue weighted by Crippen LogP contribution is 2.25. The van der Waals surface area contributed by atoms with E-state index >= 15 is 0 Å². The van der Waals surface area contributed by atoms with Crippen molar-refractivity contribution in [2.45, 2.75) is 12.3 Å². The second-order valence-electron chi connectivity index (χ2n) is 4.42. The zero-order valence-corrected chi connectivity index (χ0v) is 10.8. The Labute approximate surface area is 116 Å². The minimum Gasteiger partial charge on any atom is -0.287 e. The fourth-order valence-electron chi connectivity index (χ4n) is 1.80. The number of hydrogen-bond donors (Lipinski definition) is 0. The summed E-state index contributed by atoms with van der Waals surface area (Å²) >= 11 is 0. The van der Waals surface area contributed by atoms with Crippen LogP contribution in [0.25, 0.3) is 6.08 Å². The zero-order chi connectivity index (χ0) is 14.4. The minimum absolute atomic E-state index is 0.0330. The number of carbonyl (C=O) groups excluding carboxylic acids is 1. The SMILES string of the molecule is O=C(c1ccccc1)C(F)(F)C/C=C/c1ccccc1. The van der Waals surface area contributed by atoms with E-state index in [1.165, 1.54) is 18.2 Å². The van der Waals surface area contributed by atoms with Gasteiger partial charge in [0.1, 0.15) is 0 Å². The average Bonchev–Trinajstić information content (AvgIpc) is 2.48. The van der Waals surface area contributed by atoms with Crippen LogP contribution >= 0.6 is 0 Å². The second kappa shape index (κ2) is 6.24. The van der Waals surface area contributed by atoms with Gasteiger partial charge in [0.2, 0.25) is 5.78 Å². The number of hydrogen-bond acceptors (Lipinski definition) is 1. The maximum absolute atomic E-state index is 13.8. The van der Waals surface area contributed by atoms with E-state index in [4.69, 9.17) is 0 Å². The molecule has 0 unspecified atom stereocenters. The molecule has 0 amide bonds. The third-order valence-corrected chi connectivity index (χ3v) is 2.85. The van der Waals surface area contributed by atoms with Crippen LogP contribution in [0.3, 0.4) is 0 Å². The molecule has 1 nitrogen and oxygen atoms in total. The molecule has 0 bridgehead atoms. The number of allylic oxidation sites excluding steroid dienone is 1. The van der Waals surface area contributed by atoms with Crippen LogP contribution in [0.5, 0.6) is 0 Å². The summed E-state index contributed by atoms with van der Waals surface area (Å²) in [5, 5.41) is 0. The van der Waals surface area contributed by atoms with Crippen molar-refractivity contribution in [3.05, 3.63) is 77.9 Å². The summed E-state index contributed by atoms with van der Waals surface area (Å²) in [5.41, 5.74) is 0.862. The number of alkyl halides is 2. The molecule has 3 heteroatoms. The molecule has 2 aromatic carbocycles. The van der Waals surface area contributed by atoms with Crippen molar-refractivity contribution in [1.29, 1.82) is 0 Å². The van der Waals surface area contributed by atoms with E-state index in [-0.39, 0.29) is 5.56 Å². The molecule has 0 heterocycles. The summed E-state index contributed by atoms with van der Waals surface area (Å²) in [6.07, 6.45) is 2.32. The molecule has 102 valence electrons. The Hall–Kier alpha value is -2.29. The third-order valence-electron chi connectivity index (χ3n) is 2.85. The largest absolute Gasteiger partial charge is 0.313 e. The first-order valence-corrected chi connectivity index (χ1v) is 6.29. The highest BCUT2D eigenvalue weighted by atomic mass is 19.3. The Morgan fingerprint density at radius 2 is 1.50 bits per heavy atom. The third kappa shape index (κ3) is 3.60. The van der Waals surface area contributed by atoms with Gasteiger partial charge >= 0.3 is 5.92 Å². The van der Waals surface area contributed by atoms with Gasteiger partial charge in [0.25, 0.3) is 0 Å². The van der Waals surface area contributed by atoms with E-state index < -0.39 is 18.1 Å². The predicted molar refractivity (Wildman–Crippen MR) is 75.8 cm³/mol. The van der Waals surface area contributed by atoms with Crippen molar-refractivity contribution in [3.63, 3.8) is 0 Å². The quantitative estimate of drug-likeness (QED) is 0.726. The summed E-state index contributed by atoms with van der Waals surface area (Å²) in [5.74, 6) is -4.53. The van der Waals surface area contributed by atoms with Gasteiger partial charge in [-0.05, 0) is 5.56 Å². The van der Waals surface area contributed by atoms with Crippen LogP contribution in [-0.2, 0) is 0 Å². The van der Waals surface area contributed by atoms with Crippen molar-refractivity contribution in [2.24, 2.45) is 0 Å². The van der Waals surface area contributed by atoms with Crippen molar-refractivity contribution in [3.8, 4) is 0 Å². The number of halogens is 2. The molecule has 2 rings (SSSR count). The van der Waals surface area contributed by atoms with Crippen molar-refractivity contribution < 1.29 is 13.6 Å². The van der Waals surface area contributed by atoms with Crippen LogP contribution in [0.4, 0.5) is 8.78 Å². The lowest BCUT2D eigenvalue weighted by atomic mass is 10.0. The van der Waals surface area contributed by atoms with Gasteiger partial charge in [-0.1, -0.05) is 72.8 Å². The Balaban J connectivity index is 2.04. The molecule has 20 heavy (non-hydrogen) atoms. The molecule has 0 N–H and O–H groups in total. The lowest BCUT2D eigenvalue weighted by Gasteiger charge is -2.12. The second-order valence-corrected chi connectivity index (χ2v) is 4.42. The Kier molecular flexibility index (Phi) is 4.41. The maximum atomic E-state index is 13.8. The van der Waals surface area contributed by atoms with E-state index in [9.17, 15) is 13.6 Å². The van der Waals surface area contributed by atoms with Gasteiger partial charge in [0.05, 0.1) is 0 Å². The lowest BCUT2D eigenvalue weighted by Crippen LogP contribution is -2.27. The standard InChI is InChI=1S/C17H14F2O/c18-17(19,16(20)15-11-5-2-6-12-15)13-7-10-14-8-3-1-4-9-14/h1-12H,13H2/b10-7+. The Morgan fingerprint density at radius 1 is 0.950 bits per heavy atom. The molecule has 0 atom stereocenters. The van der Waals surface area contributed by atoms with Crippen molar-refractivity contribution >= 4 is 11.9 Å². The summed E-state index contributed by atoms with van der Waals surface area (Å²) in [7, 11) is 0. The first-order valence-electron chi connectivity index (χ1n) is 6.29. The van der Waals surface area contributed by atoms with Gasteiger partial charge in [-0.25, -0.2) is 0 Å². The van der Waals surface area contributed by atoms with Gasteiger partial charge < -0.3 is 0 Å². The highest BCUT2D eigenvalue weighted by Gasteiger charge is 2.37.